The molecule has 1 amide bonds. The summed E-state index contributed by atoms with van der Waals surface area (Å²) in [6.07, 6.45) is -0.665. The van der Waals surface area contributed by atoms with Crippen LogP contribution in [0.4, 0.5) is 13.2 Å². The van der Waals surface area contributed by atoms with Gasteiger partial charge in [0.2, 0.25) is 5.91 Å². The molecular formula is C23H22F3N5O. The van der Waals surface area contributed by atoms with Gasteiger partial charge < -0.3 is 5.32 Å². The number of pyridine rings is 1. The monoisotopic (exact) mass is 441 g/mol. The average molecular weight is 441 g/mol. The minimum absolute atomic E-state index is 0.0806. The molecule has 1 aliphatic heterocycles. The van der Waals surface area contributed by atoms with Crippen molar-refractivity contribution < 1.29 is 18.0 Å². The summed E-state index contributed by atoms with van der Waals surface area (Å²) in [7, 11) is 0. The molecule has 0 radical (unpaired) electrons. The third-order valence-corrected chi connectivity index (χ3v) is 5.46. The van der Waals surface area contributed by atoms with E-state index in [9.17, 15) is 18.0 Å². The fourth-order valence-electron chi connectivity index (χ4n) is 3.81. The highest BCUT2D eigenvalue weighted by Crippen LogP contribution is 2.29. The minimum atomic E-state index is -4.40. The summed E-state index contributed by atoms with van der Waals surface area (Å²) in [6, 6.07) is 10.6. The Bertz CT molecular complexity index is 1150. The van der Waals surface area contributed by atoms with E-state index in [-0.39, 0.29) is 24.6 Å². The molecule has 0 bridgehead atoms. The highest BCUT2D eigenvalue weighted by Gasteiger charge is 2.30. The van der Waals surface area contributed by atoms with Crippen molar-refractivity contribution in [1.29, 1.82) is 0 Å². The second-order valence-electron chi connectivity index (χ2n) is 7.69. The van der Waals surface area contributed by atoms with E-state index in [2.05, 4.69) is 32.3 Å². The molecule has 2 aromatic heterocycles. The largest absolute Gasteiger partial charge is 0.416 e. The van der Waals surface area contributed by atoms with Gasteiger partial charge in [0.15, 0.2) is 5.65 Å². The number of alkyl halides is 3. The van der Waals surface area contributed by atoms with Crippen LogP contribution in [0, 0.1) is 11.8 Å². The summed E-state index contributed by atoms with van der Waals surface area (Å²) in [4.78, 5) is 14.3. The molecule has 9 heteroatoms. The first kappa shape index (κ1) is 21.8. The fraction of sp³-hybridized carbons (Fsp3) is 0.348. The number of piperidine rings is 1. The molecule has 1 N–H and O–H groups in total. The van der Waals surface area contributed by atoms with Gasteiger partial charge in [-0.15, -0.1) is 10.2 Å². The summed E-state index contributed by atoms with van der Waals surface area (Å²) in [5.41, 5.74) is 0.351. The van der Waals surface area contributed by atoms with Crippen molar-refractivity contribution >= 4 is 11.6 Å². The molecule has 166 valence electrons. The summed E-state index contributed by atoms with van der Waals surface area (Å²) in [6.45, 7) is 1.89. The van der Waals surface area contributed by atoms with E-state index in [1.807, 2.05) is 28.8 Å². The lowest BCUT2D eigenvalue weighted by atomic mass is 9.96. The first-order valence-electron chi connectivity index (χ1n) is 10.3. The Morgan fingerprint density at radius 1 is 1.12 bits per heavy atom. The van der Waals surface area contributed by atoms with Crippen LogP contribution in [0.3, 0.4) is 0 Å². The number of nitrogens with one attached hydrogen (secondary N) is 1. The molecule has 0 atom stereocenters. The predicted octanol–water partition coefficient (Wildman–Crippen LogP) is 3.10. The molecule has 3 heterocycles. The molecule has 1 aromatic carbocycles. The zero-order chi connectivity index (χ0) is 22.6. The van der Waals surface area contributed by atoms with E-state index < -0.39 is 11.7 Å². The zero-order valence-electron chi connectivity index (χ0n) is 17.3. The highest BCUT2D eigenvalue weighted by atomic mass is 19.4. The number of hydrogen-bond acceptors (Lipinski definition) is 4. The number of rotatable bonds is 4. The number of amides is 1. The zero-order valence-corrected chi connectivity index (χ0v) is 17.3. The van der Waals surface area contributed by atoms with Gasteiger partial charge in [0.1, 0.15) is 5.82 Å². The smallest absolute Gasteiger partial charge is 0.344 e. The van der Waals surface area contributed by atoms with Crippen molar-refractivity contribution in [3.8, 4) is 11.8 Å². The number of likely N-dealkylation sites (tertiary alicyclic amines) is 1. The van der Waals surface area contributed by atoms with E-state index in [0.29, 0.717) is 5.92 Å². The van der Waals surface area contributed by atoms with Crippen LogP contribution in [0.15, 0.2) is 48.7 Å². The molecular weight excluding hydrogens is 419 g/mol. The first-order valence-corrected chi connectivity index (χ1v) is 10.3. The van der Waals surface area contributed by atoms with Crippen molar-refractivity contribution in [1.82, 2.24) is 24.8 Å². The topological polar surface area (TPSA) is 62.5 Å². The molecule has 1 aliphatic rings. The molecule has 1 saturated heterocycles. The highest BCUT2D eigenvalue weighted by molar-refractivity contribution is 5.78. The number of halogens is 3. The number of nitrogens with zero attached hydrogens (tertiary/aromatic N) is 4. The van der Waals surface area contributed by atoms with E-state index in [1.54, 1.807) is 0 Å². The van der Waals surface area contributed by atoms with Crippen molar-refractivity contribution in [2.24, 2.45) is 0 Å². The maximum atomic E-state index is 12.7. The van der Waals surface area contributed by atoms with E-state index in [4.69, 9.17) is 0 Å². The average Bonchev–Trinajstić information content (AvgIpc) is 3.21. The lowest BCUT2D eigenvalue weighted by Crippen LogP contribution is -2.41. The lowest BCUT2D eigenvalue weighted by Gasteiger charge is -2.30. The molecule has 3 aromatic rings. The van der Waals surface area contributed by atoms with Gasteiger partial charge in [0.05, 0.1) is 18.7 Å². The summed E-state index contributed by atoms with van der Waals surface area (Å²) in [5.74, 6) is 6.46. The van der Waals surface area contributed by atoms with Crippen molar-refractivity contribution in [3.05, 3.63) is 65.6 Å². The summed E-state index contributed by atoms with van der Waals surface area (Å²) >= 11 is 0. The molecule has 0 saturated carbocycles. The van der Waals surface area contributed by atoms with Crippen LogP contribution < -0.4 is 5.32 Å². The number of fused-ring (bicyclic) bond motifs is 1. The second-order valence-corrected chi connectivity index (χ2v) is 7.69. The number of carbonyl (C=O) groups is 1. The number of carbonyl (C=O) groups excluding carboxylic acids is 1. The lowest BCUT2D eigenvalue weighted by molar-refractivity contribution is -0.137. The van der Waals surface area contributed by atoms with Gasteiger partial charge >= 0.3 is 6.18 Å². The predicted molar refractivity (Wildman–Crippen MR) is 113 cm³/mol. The molecule has 4 rings (SSSR count). The third-order valence-electron chi connectivity index (χ3n) is 5.46. The van der Waals surface area contributed by atoms with Crippen molar-refractivity contribution in [3.63, 3.8) is 0 Å². The van der Waals surface area contributed by atoms with Crippen LogP contribution in [0.2, 0.25) is 0 Å². The van der Waals surface area contributed by atoms with Gasteiger partial charge in [0.25, 0.3) is 0 Å². The Morgan fingerprint density at radius 3 is 2.72 bits per heavy atom. The van der Waals surface area contributed by atoms with Crippen LogP contribution in [0.25, 0.3) is 5.65 Å². The molecule has 0 spiro atoms. The summed E-state index contributed by atoms with van der Waals surface area (Å²) < 4.78 is 40.2. The Balaban J connectivity index is 1.23. The van der Waals surface area contributed by atoms with Gasteiger partial charge in [-0.25, -0.2) is 0 Å². The Morgan fingerprint density at radius 2 is 1.94 bits per heavy atom. The van der Waals surface area contributed by atoms with Gasteiger partial charge in [-0.1, -0.05) is 24.0 Å². The maximum Gasteiger partial charge on any atom is 0.416 e. The molecule has 6 nitrogen and oxygen atoms in total. The summed E-state index contributed by atoms with van der Waals surface area (Å²) in [5, 5.41) is 11.2. The second kappa shape index (κ2) is 9.40. The number of hydrogen-bond donors (Lipinski definition) is 1. The minimum Gasteiger partial charge on any atom is -0.344 e. The van der Waals surface area contributed by atoms with Crippen LogP contribution >= 0.6 is 0 Å². The SMILES string of the molecule is O=C(CN1CCC(c2nnc3ccccn23)CC1)NCC#Cc1cccc(C(F)(F)F)c1. The van der Waals surface area contributed by atoms with E-state index in [1.165, 1.54) is 12.1 Å². The Hall–Kier alpha value is -3.38. The van der Waals surface area contributed by atoms with Gasteiger partial charge in [0, 0.05) is 17.7 Å². The standard InChI is InChI=1S/C23H22F3N5O/c24-23(25,26)19-7-3-5-17(15-19)6-4-11-27-21(32)16-30-13-9-18(10-14-30)22-29-28-20-8-1-2-12-31(20)22/h1-3,5,7-8,12,15,18H,9-11,13-14,16H2,(H,27,32). The van der Waals surface area contributed by atoms with Crippen molar-refractivity contribution in [2.75, 3.05) is 26.2 Å². The van der Waals surface area contributed by atoms with Crippen molar-refractivity contribution in [2.45, 2.75) is 24.9 Å². The fourth-order valence-corrected chi connectivity index (χ4v) is 3.81. The van der Waals surface area contributed by atoms with E-state index in [0.717, 1.165) is 49.5 Å². The normalized spacial score (nSPS) is 15.3. The third kappa shape index (κ3) is 5.26. The molecule has 0 unspecified atom stereocenters. The van der Waals surface area contributed by atoms with Crippen LogP contribution in [-0.4, -0.2) is 51.6 Å². The maximum absolute atomic E-state index is 12.7. The number of aromatic nitrogens is 3. The van der Waals surface area contributed by atoms with Gasteiger partial charge in [-0.05, 0) is 56.3 Å². The Kier molecular flexibility index (Phi) is 6.42. The molecule has 32 heavy (non-hydrogen) atoms. The van der Waals surface area contributed by atoms with Crippen LogP contribution in [0.5, 0.6) is 0 Å². The van der Waals surface area contributed by atoms with Gasteiger partial charge in [-0.2, -0.15) is 13.2 Å². The quantitative estimate of drug-likeness (QED) is 0.632. The van der Waals surface area contributed by atoms with E-state index >= 15 is 0 Å². The first-order chi connectivity index (χ1) is 15.4. The Labute approximate surface area is 183 Å². The molecule has 1 fully saturated rings. The van der Waals surface area contributed by atoms with Crippen LogP contribution in [-0.2, 0) is 11.0 Å². The number of benzene rings is 1. The van der Waals surface area contributed by atoms with Gasteiger partial charge in [-0.3, -0.25) is 14.1 Å². The molecule has 0 aliphatic carbocycles. The van der Waals surface area contributed by atoms with Crippen LogP contribution in [0.1, 0.15) is 35.7 Å².